The van der Waals surface area contributed by atoms with Gasteiger partial charge in [0.25, 0.3) is 0 Å². The Labute approximate surface area is 81.0 Å². The number of nitrogens with zero attached hydrogens (tertiary/aromatic N) is 1. The van der Waals surface area contributed by atoms with Crippen molar-refractivity contribution in [1.82, 2.24) is 4.98 Å². The van der Waals surface area contributed by atoms with Crippen molar-refractivity contribution in [1.29, 1.82) is 0 Å². The van der Waals surface area contributed by atoms with E-state index >= 15 is 0 Å². The highest BCUT2D eigenvalue weighted by Crippen LogP contribution is 2.18. The van der Waals surface area contributed by atoms with Gasteiger partial charge in [0.2, 0.25) is 0 Å². The zero-order valence-corrected chi connectivity index (χ0v) is 8.75. The molecule has 1 aromatic heterocycles. The molecule has 1 aromatic rings. The standard InChI is InChI=1S/C8H13NOS2/c1-7-9-5-8(12-7)6-11-4-2-3-10/h5,10H,2-4,6H2,1H3. The fourth-order valence-corrected chi connectivity index (χ4v) is 2.64. The van der Waals surface area contributed by atoms with Crippen molar-refractivity contribution in [2.45, 2.75) is 19.1 Å². The van der Waals surface area contributed by atoms with Gasteiger partial charge in [0.1, 0.15) is 0 Å². The van der Waals surface area contributed by atoms with Gasteiger partial charge in [0.15, 0.2) is 0 Å². The minimum absolute atomic E-state index is 0.300. The minimum Gasteiger partial charge on any atom is -0.396 e. The molecule has 0 amide bonds. The Morgan fingerprint density at radius 2 is 2.50 bits per heavy atom. The lowest BCUT2D eigenvalue weighted by Gasteiger charge is -1.95. The van der Waals surface area contributed by atoms with Crippen LogP contribution in [0.15, 0.2) is 6.20 Å². The normalized spacial score (nSPS) is 10.5. The first-order chi connectivity index (χ1) is 5.83. The highest BCUT2D eigenvalue weighted by Gasteiger charge is 1.97. The Morgan fingerprint density at radius 3 is 3.08 bits per heavy atom. The first-order valence-electron chi connectivity index (χ1n) is 3.93. The summed E-state index contributed by atoms with van der Waals surface area (Å²) >= 11 is 3.61. The van der Waals surface area contributed by atoms with Crippen molar-refractivity contribution in [2.24, 2.45) is 0 Å². The first kappa shape index (κ1) is 10.0. The number of aryl methyl sites for hydroxylation is 1. The van der Waals surface area contributed by atoms with E-state index in [4.69, 9.17) is 5.11 Å². The Hall–Kier alpha value is -0.0600. The van der Waals surface area contributed by atoms with Gasteiger partial charge in [-0.05, 0) is 19.1 Å². The maximum absolute atomic E-state index is 8.54. The maximum Gasteiger partial charge on any atom is 0.0897 e. The third-order valence-corrected chi connectivity index (χ3v) is 3.55. The van der Waals surface area contributed by atoms with Crippen LogP contribution in [0.2, 0.25) is 0 Å². The summed E-state index contributed by atoms with van der Waals surface area (Å²) in [6.45, 7) is 2.32. The molecule has 4 heteroatoms. The zero-order valence-electron chi connectivity index (χ0n) is 7.12. The molecule has 0 unspecified atom stereocenters. The van der Waals surface area contributed by atoms with Gasteiger partial charge in [-0.2, -0.15) is 11.8 Å². The van der Waals surface area contributed by atoms with Crippen LogP contribution >= 0.6 is 23.1 Å². The Kier molecular flexibility index (Phi) is 4.65. The van der Waals surface area contributed by atoms with Gasteiger partial charge in [-0.15, -0.1) is 11.3 Å². The summed E-state index contributed by atoms with van der Waals surface area (Å²) in [6, 6.07) is 0. The fraction of sp³-hybridized carbons (Fsp3) is 0.625. The van der Waals surface area contributed by atoms with E-state index in [2.05, 4.69) is 4.98 Å². The van der Waals surface area contributed by atoms with Crippen LogP contribution in [-0.4, -0.2) is 22.5 Å². The van der Waals surface area contributed by atoms with Crippen LogP contribution in [0.4, 0.5) is 0 Å². The summed E-state index contributed by atoms with van der Waals surface area (Å²) in [7, 11) is 0. The van der Waals surface area contributed by atoms with E-state index in [1.807, 2.05) is 24.9 Å². The average molecular weight is 203 g/mol. The molecule has 0 bridgehead atoms. The third kappa shape index (κ3) is 3.56. The number of hydrogen-bond acceptors (Lipinski definition) is 4. The molecule has 0 fully saturated rings. The molecule has 0 atom stereocenters. The van der Waals surface area contributed by atoms with Gasteiger partial charge in [0, 0.05) is 23.4 Å². The molecule has 0 saturated carbocycles. The van der Waals surface area contributed by atoms with Gasteiger partial charge < -0.3 is 5.11 Å². The van der Waals surface area contributed by atoms with E-state index < -0.39 is 0 Å². The van der Waals surface area contributed by atoms with Crippen LogP contribution in [0.1, 0.15) is 16.3 Å². The largest absolute Gasteiger partial charge is 0.396 e. The SMILES string of the molecule is Cc1ncc(CSCCCO)s1. The first-order valence-corrected chi connectivity index (χ1v) is 5.90. The predicted molar refractivity (Wildman–Crippen MR) is 54.7 cm³/mol. The summed E-state index contributed by atoms with van der Waals surface area (Å²) in [6.07, 6.45) is 2.83. The second-order valence-electron chi connectivity index (χ2n) is 2.48. The molecule has 68 valence electrons. The molecule has 0 spiro atoms. The fourth-order valence-electron chi connectivity index (χ4n) is 0.811. The lowest BCUT2D eigenvalue weighted by molar-refractivity contribution is 0.296. The summed E-state index contributed by atoms with van der Waals surface area (Å²) in [5, 5.41) is 9.68. The van der Waals surface area contributed by atoms with Crippen molar-refractivity contribution in [3.63, 3.8) is 0 Å². The Bertz CT molecular complexity index is 225. The smallest absolute Gasteiger partial charge is 0.0897 e. The van der Waals surface area contributed by atoms with Crippen molar-refractivity contribution in [2.75, 3.05) is 12.4 Å². The van der Waals surface area contributed by atoms with Crippen molar-refractivity contribution in [3.8, 4) is 0 Å². The highest BCUT2D eigenvalue weighted by molar-refractivity contribution is 7.98. The van der Waals surface area contributed by atoms with E-state index in [-0.39, 0.29) is 0 Å². The van der Waals surface area contributed by atoms with Crippen molar-refractivity contribution in [3.05, 3.63) is 16.1 Å². The lowest BCUT2D eigenvalue weighted by Crippen LogP contribution is -1.85. The summed E-state index contributed by atoms with van der Waals surface area (Å²) in [5.74, 6) is 2.07. The number of aliphatic hydroxyl groups excluding tert-OH is 1. The van der Waals surface area contributed by atoms with Crippen LogP contribution in [-0.2, 0) is 5.75 Å². The van der Waals surface area contributed by atoms with Gasteiger partial charge in [0.05, 0.1) is 5.01 Å². The molecule has 1 heterocycles. The molecular formula is C8H13NOS2. The number of thioether (sulfide) groups is 1. The molecule has 0 aliphatic rings. The van der Waals surface area contributed by atoms with Crippen LogP contribution in [0.5, 0.6) is 0 Å². The summed E-state index contributed by atoms with van der Waals surface area (Å²) in [5.41, 5.74) is 0. The Balaban J connectivity index is 2.15. The lowest BCUT2D eigenvalue weighted by atomic mass is 10.5. The number of rotatable bonds is 5. The quantitative estimate of drug-likeness (QED) is 0.744. The molecule has 0 aliphatic heterocycles. The van der Waals surface area contributed by atoms with Crippen LogP contribution in [0.3, 0.4) is 0 Å². The van der Waals surface area contributed by atoms with Gasteiger partial charge in [-0.25, -0.2) is 4.98 Å². The number of aromatic nitrogens is 1. The number of thiazole rings is 1. The van der Waals surface area contributed by atoms with Crippen LogP contribution < -0.4 is 0 Å². The van der Waals surface area contributed by atoms with Crippen LogP contribution in [0.25, 0.3) is 0 Å². The second-order valence-corrected chi connectivity index (χ2v) is 4.90. The molecule has 0 aromatic carbocycles. The summed E-state index contributed by atoms with van der Waals surface area (Å²) in [4.78, 5) is 5.50. The van der Waals surface area contributed by atoms with Gasteiger partial charge in [-0.1, -0.05) is 0 Å². The van der Waals surface area contributed by atoms with E-state index in [9.17, 15) is 0 Å². The number of aliphatic hydroxyl groups is 1. The molecule has 0 radical (unpaired) electrons. The molecule has 0 saturated heterocycles. The number of hydrogen-bond donors (Lipinski definition) is 1. The zero-order chi connectivity index (χ0) is 8.81. The highest BCUT2D eigenvalue weighted by atomic mass is 32.2. The molecule has 0 aliphatic carbocycles. The molecule has 1 rings (SSSR count). The maximum atomic E-state index is 8.54. The third-order valence-electron chi connectivity index (χ3n) is 1.36. The van der Waals surface area contributed by atoms with Gasteiger partial charge in [-0.3, -0.25) is 0 Å². The average Bonchev–Trinajstić information content (AvgIpc) is 2.45. The summed E-state index contributed by atoms with van der Waals surface area (Å²) < 4.78 is 0. The van der Waals surface area contributed by atoms with Crippen molar-refractivity contribution < 1.29 is 5.11 Å². The van der Waals surface area contributed by atoms with E-state index in [0.717, 1.165) is 22.9 Å². The molecule has 1 N–H and O–H groups in total. The molecule has 12 heavy (non-hydrogen) atoms. The van der Waals surface area contributed by atoms with Gasteiger partial charge >= 0.3 is 0 Å². The van der Waals surface area contributed by atoms with E-state index in [1.165, 1.54) is 4.88 Å². The second kappa shape index (κ2) is 5.56. The van der Waals surface area contributed by atoms with Crippen molar-refractivity contribution >= 4 is 23.1 Å². The Morgan fingerprint density at radius 1 is 1.67 bits per heavy atom. The van der Waals surface area contributed by atoms with Crippen LogP contribution in [0, 0.1) is 6.92 Å². The molecular weight excluding hydrogens is 190 g/mol. The minimum atomic E-state index is 0.300. The monoisotopic (exact) mass is 203 g/mol. The predicted octanol–water partition coefficient (Wildman–Crippen LogP) is 2.07. The molecule has 2 nitrogen and oxygen atoms in total. The van der Waals surface area contributed by atoms with E-state index in [0.29, 0.717) is 6.61 Å². The van der Waals surface area contributed by atoms with E-state index in [1.54, 1.807) is 11.3 Å². The topological polar surface area (TPSA) is 33.1 Å².